The standard InChI is InChI=1S/C7H12O/c1-8-6-7-4-2-3-5-7/h2,4,7H,3,5-6H2,1H3. The third-order valence-electron chi connectivity index (χ3n) is 1.49. The molecule has 46 valence electrons. The summed E-state index contributed by atoms with van der Waals surface area (Å²) in [5, 5.41) is 0. The Hall–Kier alpha value is -0.300. The van der Waals surface area contributed by atoms with Gasteiger partial charge in [-0.1, -0.05) is 12.2 Å². The fourth-order valence-electron chi connectivity index (χ4n) is 1.05. The second kappa shape index (κ2) is 2.88. The van der Waals surface area contributed by atoms with E-state index < -0.39 is 0 Å². The first kappa shape index (κ1) is 5.83. The van der Waals surface area contributed by atoms with Crippen LogP contribution in [0.5, 0.6) is 0 Å². The Bertz CT molecular complexity index is 86.4. The molecule has 1 nitrogen and oxygen atoms in total. The lowest BCUT2D eigenvalue weighted by atomic mass is 10.1. The maximum atomic E-state index is 4.97. The van der Waals surface area contributed by atoms with Gasteiger partial charge in [0.05, 0.1) is 6.61 Å². The molecule has 0 heterocycles. The first-order valence-corrected chi connectivity index (χ1v) is 3.09. The first-order valence-electron chi connectivity index (χ1n) is 3.09. The molecular formula is C7H12O. The lowest BCUT2D eigenvalue weighted by Crippen LogP contribution is -2.00. The summed E-state index contributed by atoms with van der Waals surface area (Å²) in [7, 11) is 1.76. The third kappa shape index (κ3) is 1.34. The monoisotopic (exact) mass is 112 g/mol. The molecule has 0 saturated heterocycles. The third-order valence-corrected chi connectivity index (χ3v) is 1.49. The Morgan fingerprint density at radius 2 is 2.62 bits per heavy atom. The Morgan fingerprint density at radius 3 is 3.12 bits per heavy atom. The molecule has 1 atom stereocenters. The zero-order valence-corrected chi connectivity index (χ0v) is 5.26. The minimum absolute atomic E-state index is 0.708. The Morgan fingerprint density at radius 1 is 1.75 bits per heavy atom. The molecule has 0 radical (unpaired) electrons. The maximum Gasteiger partial charge on any atom is 0.0525 e. The van der Waals surface area contributed by atoms with Crippen molar-refractivity contribution in [2.75, 3.05) is 13.7 Å². The zero-order chi connectivity index (χ0) is 5.82. The van der Waals surface area contributed by atoms with Gasteiger partial charge in [-0.05, 0) is 12.8 Å². The van der Waals surface area contributed by atoms with Crippen LogP contribution in [0.25, 0.3) is 0 Å². The van der Waals surface area contributed by atoms with E-state index in [-0.39, 0.29) is 0 Å². The van der Waals surface area contributed by atoms with Crippen LogP contribution < -0.4 is 0 Å². The summed E-state index contributed by atoms with van der Waals surface area (Å²) < 4.78 is 4.97. The molecule has 0 aliphatic heterocycles. The van der Waals surface area contributed by atoms with Crippen molar-refractivity contribution in [2.45, 2.75) is 12.8 Å². The van der Waals surface area contributed by atoms with E-state index in [1.54, 1.807) is 7.11 Å². The van der Waals surface area contributed by atoms with Crippen LogP contribution in [0.1, 0.15) is 12.8 Å². The van der Waals surface area contributed by atoms with Crippen LogP contribution >= 0.6 is 0 Å². The van der Waals surface area contributed by atoms with Crippen LogP contribution in [0.4, 0.5) is 0 Å². The average molecular weight is 112 g/mol. The fourth-order valence-corrected chi connectivity index (χ4v) is 1.05. The van der Waals surface area contributed by atoms with E-state index in [0.717, 1.165) is 6.61 Å². The summed E-state index contributed by atoms with van der Waals surface area (Å²) in [6.45, 7) is 0.899. The Labute approximate surface area is 50.3 Å². The molecule has 1 heteroatoms. The predicted molar refractivity (Wildman–Crippen MR) is 33.7 cm³/mol. The van der Waals surface area contributed by atoms with E-state index in [2.05, 4.69) is 12.2 Å². The quantitative estimate of drug-likeness (QED) is 0.493. The van der Waals surface area contributed by atoms with Gasteiger partial charge in [-0.15, -0.1) is 0 Å². The Balaban J connectivity index is 2.16. The van der Waals surface area contributed by atoms with E-state index in [9.17, 15) is 0 Å². The van der Waals surface area contributed by atoms with E-state index in [1.807, 2.05) is 0 Å². The van der Waals surface area contributed by atoms with Crippen molar-refractivity contribution >= 4 is 0 Å². The average Bonchev–Trinajstić information content (AvgIpc) is 2.19. The maximum absolute atomic E-state index is 4.97. The lowest BCUT2D eigenvalue weighted by Gasteiger charge is -2.02. The molecule has 0 saturated carbocycles. The van der Waals surface area contributed by atoms with Crippen LogP contribution in [0, 0.1) is 5.92 Å². The van der Waals surface area contributed by atoms with Gasteiger partial charge in [-0.3, -0.25) is 0 Å². The minimum atomic E-state index is 0.708. The van der Waals surface area contributed by atoms with Gasteiger partial charge in [-0.2, -0.15) is 0 Å². The summed E-state index contributed by atoms with van der Waals surface area (Å²) >= 11 is 0. The molecule has 1 rings (SSSR count). The normalized spacial score (nSPS) is 26.9. The van der Waals surface area contributed by atoms with Gasteiger partial charge in [0, 0.05) is 13.0 Å². The number of hydrogen-bond donors (Lipinski definition) is 0. The van der Waals surface area contributed by atoms with Crippen molar-refractivity contribution < 1.29 is 4.74 Å². The number of rotatable bonds is 2. The largest absolute Gasteiger partial charge is 0.384 e. The SMILES string of the molecule is COCC1C=CCC1. The number of allylic oxidation sites excluding steroid dienone is 1. The number of methoxy groups -OCH3 is 1. The smallest absolute Gasteiger partial charge is 0.0525 e. The zero-order valence-electron chi connectivity index (χ0n) is 5.26. The van der Waals surface area contributed by atoms with Gasteiger partial charge in [0.15, 0.2) is 0 Å². The highest BCUT2D eigenvalue weighted by molar-refractivity contribution is 4.95. The van der Waals surface area contributed by atoms with Crippen molar-refractivity contribution in [3.8, 4) is 0 Å². The van der Waals surface area contributed by atoms with E-state index in [4.69, 9.17) is 4.74 Å². The van der Waals surface area contributed by atoms with Crippen LogP contribution in [-0.4, -0.2) is 13.7 Å². The molecule has 1 aliphatic carbocycles. The second-order valence-electron chi connectivity index (χ2n) is 2.22. The van der Waals surface area contributed by atoms with E-state index >= 15 is 0 Å². The van der Waals surface area contributed by atoms with Gasteiger partial charge in [-0.25, -0.2) is 0 Å². The van der Waals surface area contributed by atoms with Crippen LogP contribution in [0.15, 0.2) is 12.2 Å². The molecule has 0 N–H and O–H groups in total. The van der Waals surface area contributed by atoms with Gasteiger partial charge in [0.25, 0.3) is 0 Å². The summed E-state index contributed by atoms with van der Waals surface area (Å²) in [5.74, 6) is 0.708. The van der Waals surface area contributed by atoms with Gasteiger partial charge >= 0.3 is 0 Å². The molecule has 1 unspecified atom stereocenters. The second-order valence-corrected chi connectivity index (χ2v) is 2.22. The van der Waals surface area contributed by atoms with E-state index in [1.165, 1.54) is 12.8 Å². The summed E-state index contributed by atoms with van der Waals surface area (Å²) in [4.78, 5) is 0. The van der Waals surface area contributed by atoms with Crippen molar-refractivity contribution in [3.05, 3.63) is 12.2 Å². The number of ether oxygens (including phenoxy) is 1. The summed E-state index contributed by atoms with van der Waals surface area (Å²) in [6, 6.07) is 0. The molecule has 0 fully saturated rings. The van der Waals surface area contributed by atoms with Gasteiger partial charge in [0.1, 0.15) is 0 Å². The molecule has 8 heavy (non-hydrogen) atoms. The van der Waals surface area contributed by atoms with E-state index in [0.29, 0.717) is 5.92 Å². The molecule has 0 aromatic carbocycles. The van der Waals surface area contributed by atoms with Crippen molar-refractivity contribution in [1.29, 1.82) is 0 Å². The lowest BCUT2D eigenvalue weighted by molar-refractivity contribution is 0.169. The van der Waals surface area contributed by atoms with Crippen molar-refractivity contribution in [3.63, 3.8) is 0 Å². The molecule has 0 aromatic rings. The highest BCUT2D eigenvalue weighted by Crippen LogP contribution is 2.16. The molecule has 0 aromatic heterocycles. The molecule has 0 amide bonds. The van der Waals surface area contributed by atoms with Crippen LogP contribution in [0.2, 0.25) is 0 Å². The summed E-state index contributed by atoms with van der Waals surface area (Å²) in [5.41, 5.74) is 0. The molecular weight excluding hydrogens is 100 g/mol. The Kier molecular flexibility index (Phi) is 2.10. The number of hydrogen-bond acceptors (Lipinski definition) is 1. The first-order chi connectivity index (χ1) is 3.93. The predicted octanol–water partition coefficient (Wildman–Crippen LogP) is 1.60. The summed E-state index contributed by atoms with van der Waals surface area (Å²) in [6.07, 6.45) is 7.00. The van der Waals surface area contributed by atoms with Crippen LogP contribution in [0.3, 0.4) is 0 Å². The molecule has 0 bridgehead atoms. The van der Waals surface area contributed by atoms with Gasteiger partial charge in [0.2, 0.25) is 0 Å². The fraction of sp³-hybridized carbons (Fsp3) is 0.714. The molecule has 1 aliphatic rings. The highest BCUT2D eigenvalue weighted by Gasteiger charge is 2.06. The topological polar surface area (TPSA) is 9.23 Å². The minimum Gasteiger partial charge on any atom is -0.384 e. The van der Waals surface area contributed by atoms with Gasteiger partial charge < -0.3 is 4.74 Å². The van der Waals surface area contributed by atoms with Crippen LogP contribution in [-0.2, 0) is 4.74 Å². The molecule has 0 spiro atoms. The van der Waals surface area contributed by atoms with Crippen molar-refractivity contribution in [1.82, 2.24) is 0 Å². The van der Waals surface area contributed by atoms with Crippen molar-refractivity contribution in [2.24, 2.45) is 5.92 Å². The highest BCUT2D eigenvalue weighted by atomic mass is 16.5.